The molecule has 0 aliphatic carbocycles. The van der Waals surface area contributed by atoms with E-state index in [1.54, 1.807) is 13.4 Å². The SMILES string of the molecule is CNC(=O)[C@H]1C[C@@H]2CN(C(=O)NCc3cn(C)cn3)C(C)[C@H]1N2Cc1ccccc1. The Morgan fingerprint density at radius 3 is 2.67 bits per heavy atom. The lowest BCUT2D eigenvalue weighted by Crippen LogP contribution is -2.62. The lowest BCUT2D eigenvalue weighted by atomic mass is 9.93. The Morgan fingerprint density at radius 2 is 2.00 bits per heavy atom. The van der Waals surface area contributed by atoms with Crippen LogP contribution in [-0.4, -0.2) is 63.0 Å². The molecule has 2 saturated heterocycles. The molecule has 3 amide bonds. The second-order valence-electron chi connectivity index (χ2n) is 8.34. The van der Waals surface area contributed by atoms with E-state index in [2.05, 4.69) is 39.6 Å². The molecule has 8 heteroatoms. The molecule has 1 unspecified atom stereocenters. The summed E-state index contributed by atoms with van der Waals surface area (Å²) in [5, 5.41) is 5.82. The van der Waals surface area contributed by atoms with E-state index in [-0.39, 0.29) is 36.0 Å². The summed E-state index contributed by atoms with van der Waals surface area (Å²) in [5.41, 5.74) is 2.05. The Labute approximate surface area is 177 Å². The zero-order valence-electron chi connectivity index (χ0n) is 17.8. The fourth-order valence-corrected chi connectivity index (χ4v) is 4.98. The molecule has 1 aromatic carbocycles. The first-order valence-corrected chi connectivity index (χ1v) is 10.5. The highest BCUT2D eigenvalue weighted by Crippen LogP contribution is 2.39. The number of benzene rings is 1. The van der Waals surface area contributed by atoms with E-state index in [1.807, 2.05) is 40.9 Å². The van der Waals surface area contributed by atoms with Crippen molar-refractivity contribution in [2.45, 2.75) is 44.6 Å². The van der Waals surface area contributed by atoms with Crippen LogP contribution in [0.1, 0.15) is 24.6 Å². The Kier molecular flexibility index (Phi) is 5.76. The second kappa shape index (κ2) is 8.47. The topological polar surface area (TPSA) is 82.5 Å². The van der Waals surface area contributed by atoms with Gasteiger partial charge >= 0.3 is 6.03 Å². The number of aromatic nitrogens is 2. The average Bonchev–Trinajstić information content (AvgIpc) is 3.28. The second-order valence-corrected chi connectivity index (χ2v) is 8.34. The number of rotatable bonds is 5. The van der Waals surface area contributed by atoms with Crippen molar-refractivity contribution in [3.05, 3.63) is 54.1 Å². The van der Waals surface area contributed by atoms with Crippen LogP contribution < -0.4 is 10.6 Å². The fraction of sp³-hybridized carbons (Fsp3) is 0.500. The zero-order chi connectivity index (χ0) is 21.3. The summed E-state index contributed by atoms with van der Waals surface area (Å²) in [6.45, 7) is 3.86. The molecule has 1 aromatic heterocycles. The molecule has 2 aliphatic rings. The van der Waals surface area contributed by atoms with Crippen LogP contribution in [-0.2, 0) is 24.9 Å². The Hall–Kier alpha value is -2.87. The van der Waals surface area contributed by atoms with Crippen LogP contribution >= 0.6 is 0 Å². The van der Waals surface area contributed by atoms with Crippen LogP contribution in [0, 0.1) is 5.92 Å². The zero-order valence-corrected chi connectivity index (χ0v) is 17.8. The summed E-state index contributed by atoms with van der Waals surface area (Å²) in [4.78, 5) is 34.2. The number of nitrogens with zero attached hydrogens (tertiary/aromatic N) is 4. The quantitative estimate of drug-likeness (QED) is 0.779. The molecule has 4 rings (SSSR count). The molecule has 0 spiro atoms. The Bertz CT molecular complexity index is 898. The lowest BCUT2D eigenvalue weighted by Gasteiger charge is -2.46. The van der Waals surface area contributed by atoms with Gasteiger partial charge in [0.15, 0.2) is 0 Å². The number of amides is 3. The number of hydrogen-bond donors (Lipinski definition) is 2. The highest BCUT2D eigenvalue weighted by Gasteiger charge is 2.53. The van der Waals surface area contributed by atoms with Gasteiger partial charge in [-0.15, -0.1) is 0 Å². The van der Waals surface area contributed by atoms with Gasteiger partial charge in [-0.1, -0.05) is 30.3 Å². The molecule has 30 heavy (non-hydrogen) atoms. The monoisotopic (exact) mass is 410 g/mol. The van der Waals surface area contributed by atoms with Gasteiger partial charge in [-0.05, 0) is 18.9 Å². The van der Waals surface area contributed by atoms with Gasteiger partial charge in [0.1, 0.15) is 0 Å². The number of carbonyl (C=O) groups excluding carboxylic acids is 2. The maximum absolute atomic E-state index is 13.0. The van der Waals surface area contributed by atoms with Gasteiger partial charge in [0.2, 0.25) is 5.91 Å². The maximum atomic E-state index is 13.0. The van der Waals surface area contributed by atoms with E-state index in [4.69, 9.17) is 0 Å². The Morgan fingerprint density at radius 1 is 1.23 bits per heavy atom. The molecule has 2 aromatic rings. The Balaban J connectivity index is 1.50. The molecule has 4 atom stereocenters. The number of likely N-dealkylation sites (tertiary alicyclic amines) is 1. The minimum absolute atomic E-state index is 0.00972. The number of hydrogen-bond acceptors (Lipinski definition) is 4. The molecular formula is C22H30N6O2. The van der Waals surface area contributed by atoms with Gasteiger partial charge < -0.3 is 20.1 Å². The number of urea groups is 1. The third-order valence-corrected chi connectivity index (χ3v) is 6.41. The number of imidazole rings is 1. The first kappa shape index (κ1) is 20.4. The van der Waals surface area contributed by atoms with Crippen LogP contribution in [0.3, 0.4) is 0 Å². The molecule has 0 radical (unpaired) electrons. The van der Waals surface area contributed by atoms with Crippen LogP contribution in [0.2, 0.25) is 0 Å². The standard InChI is InChI=1S/C22H30N6O2/c1-15-20-19(21(29)23-2)9-18(28(20)11-16-7-5-4-6-8-16)13-27(15)22(30)24-10-17-12-26(3)14-25-17/h4-8,12,14-15,18-20H,9-11,13H2,1-3H3,(H,23,29)(H,24,30)/t15?,18-,19+,20-/m1/s1. The van der Waals surface area contributed by atoms with Crippen LogP contribution in [0.25, 0.3) is 0 Å². The van der Waals surface area contributed by atoms with Gasteiger partial charge in [-0.3, -0.25) is 9.69 Å². The molecular weight excluding hydrogens is 380 g/mol. The summed E-state index contributed by atoms with van der Waals surface area (Å²) in [5.74, 6) is -0.0598. The van der Waals surface area contributed by atoms with Crippen LogP contribution in [0.4, 0.5) is 4.79 Å². The molecule has 160 valence electrons. The van der Waals surface area contributed by atoms with Crippen LogP contribution in [0.15, 0.2) is 42.9 Å². The predicted molar refractivity (Wildman–Crippen MR) is 113 cm³/mol. The highest BCUT2D eigenvalue weighted by molar-refractivity contribution is 5.80. The third-order valence-electron chi connectivity index (χ3n) is 6.41. The van der Waals surface area contributed by atoms with E-state index < -0.39 is 0 Å². The van der Waals surface area contributed by atoms with E-state index in [0.717, 1.165) is 18.7 Å². The van der Waals surface area contributed by atoms with Crippen molar-refractivity contribution in [2.24, 2.45) is 13.0 Å². The minimum atomic E-state index is -0.118. The fourth-order valence-electron chi connectivity index (χ4n) is 4.98. The van der Waals surface area contributed by atoms with E-state index in [0.29, 0.717) is 13.1 Å². The van der Waals surface area contributed by atoms with Gasteiger partial charge in [-0.2, -0.15) is 0 Å². The molecule has 8 nitrogen and oxygen atoms in total. The van der Waals surface area contributed by atoms with Crippen molar-refractivity contribution in [1.29, 1.82) is 0 Å². The number of nitrogens with one attached hydrogen (secondary N) is 2. The molecule has 2 fully saturated rings. The van der Waals surface area contributed by atoms with E-state index in [9.17, 15) is 9.59 Å². The first-order valence-electron chi connectivity index (χ1n) is 10.5. The molecule has 2 aliphatic heterocycles. The average molecular weight is 411 g/mol. The summed E-state index contributed by atoms with van der Waals surface area (Å²) in [7, 11) is 3.59. The molecule has 3 heterocycles. The molecule has 2 N–H and O–H groups in total. The first-order chi connectivity index (χ1) is 14.5. The molecule has 0 saturated carbocycles. The number of piperazine rings is 1. The largest absolute Gasteiger partial charge is 0.359 e. The van der Waals surface area contributed by atoms with Gasteiger partial charge in [0, 0.05) is 51.5 Å². The van der Waals surface area contributed by atoms with Crippen molar-refractivity contribution >= 4 is 11.9 Å². The third kappa shape index (κ3) is 3.92. The minimum Gasteiger partial charge on any atom is -0.359 e. The van der Waals surface area contributed by atoms with Crippen molar-refractivity contribution in [3.8, 4) is 0 Å². The normalized spacial score (nSPS) is 25.9. The smallest absolute Gasteiger partial charge is 0.318 e. The summed E-state index contributed by atoms with van der Waals surface area (Å²) in [6, 6.07) is 10.3. The van der Waals surface area contributed by atoms with Crippen molar-refractivity contribution in [2.75, 3.05) is 13.6 Å². The number of fused-ring (bicyclic) bond motifs is 2. The van der Waals surface area contributed by atoms with E-state index >= 15 is 0 Å². The van der Waals surface area contributed by atoms with Crippen molar-refractivity contribution in [1.82, 2.24) is 30.0 Å². The van der Waals surface area contributed by atoms with Crippen molar-refractivity contribution < 1.29 is 9.59 Å². The van der Waals surface area contributed by atoms with Crippen molar-refractivity contribution in [3.63, 3.8) is 0 Å². The number of aryl methyl sites for hydroxylation is 1. The molecule has 2 bridgehead atoms. The predicted octanol–water partition coefficient (Wildman–Crippen LogP) is 1.34. The maximum Gasteiger partial charge on any atom is 0.318 e. The summed E-state index contributed by atoms with van der Waals surface area (Å²) >= 11 is 0. The lowest BCUT2D eigenvalue weighted by molar-refractivity contribution is -0.126. The number of carbonyl (C=O) groups is 2. The van der Waals surface area contributed by atoms with Gasteiger partial charge in [0.25, 0.3) is 0 Å². The van der Waals surface area contributed by atoms with Gasteiger partial charge in [0.05, 0.1) is 24.5 Å². The van der Waals surface area contributed by atoms with Crippen LogP contribution in [0.5, 0.6) is 0 Å². The summed E-state index contributed by atoms with van der Waals surface area (Å²) < 4.78 is 1.86. The van der Waals surface area contributed by atoms with Gasteiger partial charge in [-0.25, -0.2) is 9.78 Å². The highest BCUT2D eigenvalue weighted by atomic mass is 16.2. The summed E-state index contributed by atoms with van der Waals surface area (Å²) in [6.07, 6.45) is 4.39. The van der Waals surface area contributed by atoms with E-state index in [1.165, 1.54) is 5.56 Å².